The van der Waals surface area contributed by atoms with E-state index in [4.69, 9.17) is 29.2 Å². The Bertz CT molecular complexity index is 161. The molecule has 2 heterocycles. The van der Waals surface area contributed by atoms with Crippen molar-refractivity contribution in [1.82, 2.24) is 0 Å². The van der Waals surface area contributed by atoms with Crippen LogP contribution in [0.25, 0.3) is 0 Å². The first-order valence-electron chi connectivity index (χ1n) is 5.47. The van der Waals surface area contributed by atoms with E-state index in [9.17, 15) is 0 Å². The van der Waals surface area contributed by atoms with Crippen LogP contribution in [0.4, 0.5) is 0 Å². The molecule has 101 valence electrons. The molecule has 2 atom stereocenters. The van der Waals surface area contributed by atoms with Crippen molar-refractivity contribution in [3.05, 3.63) is 0 Å². The fraction of sp³-hybridized carbons (Fsp3) is 1.00. The molecule has 0 aromatic heterocycles. The first-order valence-corrected chi connectivity index (χ1v) is 5.47. The molecule has 0 bridgehead atoms. The van der Waals surface area contributed by atoms with E-state index in [1.807, 2.05) is 0 Å². The van der Waals surface area contributed by atoms with Gasteiger partial charge in [0.25, 0.3) is 0 Å². The molecule has 17 heavy (non-hydrogen) atoms. The molecule has 0 saturated carbocycles. The maximum atomic E-state index is 8.49. The van der Waals surface area contributed by atoms with E-state index in [1.54, 1.807) is 0 Å². The summed E-state index contributed by atoms with van der Waals surface area (Å²) in [5.74, 6) is 0. The van der Waals surface area contributed by atoms with Crippen LogP contribution in [-0.2, 0) is 37.5 Å². The Morgan fingerprint density at radius 1 is 1.06 bits per heavy atom. The number of hydrogen-bond acceptors (Lipinski definition) is 6. The summed E-state index contributed by atoms with van der Waals surface area (Å²) >= 11 is 0. The normalized spacial score (nSPS) is 26.5. The Hall–Kier alpha value is 0.344. The third kappa shape index (κ3) is 9.99. The minimum Gasteiger partial charge on any atom is -0.394 e. The van der Waals surface area contributed by atoms with Crippen molar-refractivity contribution in [2.75, 3.05) is 52.9 Å². The van der Waals surface area contributed by atoms with Crippen LogP contribution in [0.1, 0.15) is 0 Å². The van der Waals surface area contributed by atoms with Crippen molar-refractivity contribution in [3.63, 3.8) is 0 Å². The Balaban J connectivity index is 0.000000284. The van der Waals surface area contributed by atoms with Gasteiger partial charge in [-0.15, -0.1) is 0 Å². The van der Waals surface area contributed by atoms with Crippen molar-refractivity contribution >= 4 is 0 Å². The molecule has 1 radical (unpaired) electrons. The Morgan fingerprint density at radius 3 is 2.24 bits per heavy atom. The van der Waals surface area contributed by atoms with Crippen LogP contribution in [0.15, 0.2) is 0 Å². The molecule has 0 aromatic carbocycles. The van der Waals surface area contributed by atoms with Crippen LogP contribution in [-0.4, -0.2) is 75.3 Å². The molecule has 7 heteroatoms. The van der Waals surface area contributed by atoms with Crippen LogP contribution < -0.4 is 0 Å². The van der Waals surface area contributed by atoms with E-state index in [0.29, 0.717) is 39.1 Å². The van der Waals surface area contributed by atoms with Crippen molar-refractivity contribution in [2.24, 2.45) is 0 Å². The molecule has 0 aliphatic carbocycles. The van der Waals surface area contributed by atoms with E-state index in [2.05, 4.69) is 0 Å². The molecule has 6 nitrogen and oxygen atoms in total. The van der Waals surface area contributed by atoms with E-state index < -0.39 is 0 Å². The molecular weight excluding hydrogens is 267 g/mol. The molecule has 2 N–H and O–H groups in total. The molecule has 2 fully saturated rings. The second-order valence-corrected chi connectivity index (χ2v) is 3.50. The van der Waals surface area contributed by atoms with E-state index in [-0.39, 0.29) is 37.9 Å². The van der Waals surface area contributed by atoms with Crippen LogP contribution in [0.5, 0.6) is 0 Å². The summed E-state index contributed by atoms with van der Waals surface area (Å²) in [6, 6.07) is 0. The van der Waals surface area contributed by atoms with Gasteiger partial charge in [0, 0.05) is 18.6 Å². The molecule has 0 amide bonds. The van der Waals surface area contributed by atoms with Gasteiger partial charge in [-0.05, 0) is 0 Å². The monoisotopic (exact) mass is 287 g/mol. The summed E-state index contributed by atoms with van der Waals surface area (Å²) in [7, 11) is 0. The van der Waals surface area contributed by atoms with Gasteiger partial charge in [-0.2, -0.15) is 0 Å². The van der Waals surface area contributed by atoms with E-state index >= 15 is 0 Å². The number of rotatable bonds is 5. The number of hydrogen-bond donors (Lipinski definition) is 2. The number of aliphatic hydroxyl groups is 2. The smallest absolute Gasteiger partial charge is 0.104 e. The van der Waals surface area contributed by atoms with Crippen LogP contribution in [0, 0.1) is 0 Å². The van der Waals surface area contributed by atoms with Crippen molar-refractivity contribution in [3.8, 4) is 0 Å². The molecule has 2 unspecified atom stereocenters. The Kier molecular flexibility index (Phi) is 11.7. The zero-order chi connectivity index (χ0) is 11.6. The van der Waals surface area contributed by atoms with Gasteiger partial charge < -0.3 is 29.2 Å². The summed E-state index contributed by atoms with van der Waals surface area (Å²) in [6.45, 7) is 3.89. The van der Waals surface area contributed by atoms with Crippen molar-refractivity contribution in [2.45, 2.75) is 12.2 Å². The summed E-state index contributed by atoms with van der Waals surface area (Å²) in [5, 5.41) is 16.7. The molecule has 0 aromatic rings. The molecule has 2 saturated heterocycles. The third-order valence-corrected chi connectivity index (χ3v) is 2.03. The standard InChI is InChI=1S/2C5H10O3.V/c6-3-5-4-7-1-2-8-5;6-1-2-7-3-5-4-8-5;/h2*5-6H,1-4H2;. The van der Waals surface area contributed by atoms with Gasteiger partial charge in [0.1, 0.15) is 12.2 Å². The Morgan fingerprint density at radius 2 is 1.82 bits per heavy atom. The SMILES string of the molecule is OCC1COCCO1.OCCOCC1CO1.[V]. The minimum atomic E-state index is -0.0799. The summed E-state index contributed by atoms with van der Waals surface area (Å²) < 4.78 is 19.8. The van der Waals surface area contributed by atoms with Crippen molar-refractivity contribution in [1.29, 1.82) is 0 Å². The predicted octanol–water partition coefficient (Wildman–Crippen LogP) is -1.21. The second kappa shape index (κ2) is 11.4. The quantitative estimate of drug-likeness (QED) is 0.488. The van der Waals surface area contributed by atoms with Gasteiger partial charge in [0.05, 0.1) is 52.9 Å². The largest absolute Gasteiger partial charge is 0.394 e. The van der Waals surface area contributed by atoms with Crippen molar-refractivity contribution < 1.29 is 47.7 Å². The Labute approximate surface area is 113 Å². The van der Waals surface area contributed by atoms with Gasteiger partial charge in [0.15, 0.2) is 0 Å². The zero-order valence-corrected chi connectivity index (χ0v) is 11.2. The van der Waals surface area contributed by atoms with Gasteiger partial charge in [0.2, 0.25) is 0 Å². The van der Waals surface area contributed by atoms with Gasteiger partial charge in [-0.3, -0.25) is 0 Å². The molecule has 0 spiro atoms. The molecule has 2 rings (SSSR count). The minimum absolute atomic E-state index is 0. The van der Waals surface area contributed by atoms with Crippen LogP contribution in [0.3, 0.4) is 0 Å². The summed E-state index contributed by atoms with van der Waals surface area (Å²) in [5.41, 5.74) is 0. The van der Waals surface area contributed by atoms with Gasteiger partial charge in [-0.25, -0.2) is 0 Å². The maximum Gasteiger partial charge on any atom is 0.104 e. The molecule has 2 aliphatic heterocycles. The van der Waals surface area contributed by atoms with Crippen LogP contribution in [0.2, 0.25) is 0 Å². The summed E-state index contributed by atoms with van der Waals surface area (Å²) in [4.78, 5) is 0. The average Bonchev–Trinajstić information content (AvgIpc) is 3.15. The third-order valence-electron chi connectivity index (χ3n) is 2.03. The van der Waals surface area contributed by atoms with E-state index in [1.165, 1.54) is 0 Å². The van der Waals surface area contributed by atoms with Gasteiger partial charge in [-0.1, -0.05) is 0 Å². The predicted molar refractivity (Wildman–Crippen MR) is 55.3 cm³/mol. The van der Waals surface area contributed by atoms with Gasteiger partial charge >= 0.3 is 0 Å². The zero-order valence-electron chi connectivity index (χ0n) is 9.79. The maximum absolute atomic E-state index is 8.49. The summed E-state index contributed by atoms with van der Waals surface area (Å²) in [6.07, 6.45) is 0.241. The number of epoxide rings is 1. The topological polar surface area (TPSA) is 80.7 Å². The average molecular weight is 287 g/mol. The van der Waals surface area contributed by atoms with Crippen LogP contribution >= 0.6 is 0 Å². The second-order valence-electron chi connectivity index (χ2n) is 3.50. The number of aliphatic hydroxyl groups excluding tert-OH is 2. The van der Waals surface area contributed by atoms with E-state index in [0.717, 1.165) is 6.61 Å². The first kappa shape index (κ1) is 17.3. The first-order chi connectivity index (χ1) is 7.86. The fourth-order valence-corrected chi connectivity index (χ4v) is 1.09. The molecular formula is C10H20O6V. The number of ether oxygens (including phenoxy) is 4. The molecule has 2 aliphatic rings. The fourth-order valence-electron chi connectivity index (χ4n) is 1.09.